The van der Waals surface area contributed by atoms with E-state index in [1.165, 1.54) is 12.3 Å². The van der Waals surface area contributed by atoms with Crippen LogP contribution < -0.4 is 11.1 Å². The first-order valence-electron chi connectivity index (χ1n) is 4.94. The second kappa shape index (κ2) is 4.84. The molecular weight excluding hydrogens is 238 g/mol. The number of nitrogens with zero attached hydrogens (tertiary/aromatic N) is 1. The van der Waals surface area contributed by atoms with Gasteiger partial charge in [0.25, 0.3) is 5.91 Å². The maximum atomic E-state index is 11.9. The highest BCUT2D eigenvalue weighted by molar-refractivity contribution is 6.33. The minimum Gasteiger partial charge on any atom is -0.397 e. The van der Waals surface area contributed by atoms with Crippen molar-refractivity contribution in [3.8, 4) is 0 Å². The Morgan fingerprint density at radius 2 is 2.00 bits per heavy atom. The van der Waals surface area contributed by atoms with E-state index in [9.17, 15) is 4.79 Å². The molecule has 86 valence electrons. The number of hydrogen-bond acceptors (Lipinski definition) is 3. The van der Waals surface area contributed by atoms with Crippen molar-refractivity contribution in [3.63, 3.8) is 0 Å². The summed E-state index contributed by atoms with van der Waals surface area (Å²) >= 11 is 5.83. The molecule has 2 rings (SSSR count). The lowest BCUT2D eigenvalue weighted by Gasteiger charge is -2.06. The van der Waals surface area contributed by atoms with Crippen molar-refractivity contribution in [2.45, 2.75) is 0 Å². The number of carbonyl (C=O) groups is 1. The molecular formula is C12H10ClN3O. The third-order valence-corrected chi connectivity index (χ3v) is 2.44. The first kappa shape index (κ1) is 11.4. The number of hydrogen-bond donors (Lipinski definition) is 2. The molecule has 0 aliphatic carbocycles. The van der Waals surface area contributed by atoms with Gasteiger partial charge in [0.15, 0.2) is 0 Å². The van der Waals surface area contributed by atoms with Crippen LogP contribution in [0, 0.1) is 0 Å². The molecule has 0 aliphatic rings. The van der Waals surface area contributed by atoms with E-state index in [-0.39, 0.29) is 16.6 Å². The lowest BCUT2D eigenvalue weighted by Crippen LogP contribution is -2.13. The molecule has 1 heterocycles. The highest BCUT2D eigenvalue weighted by atomic mass is 35.5. The molecule has 0 fully saturated rings. The number of carbonyl (C=O) groups excluding carboxylic acids is 1. The fraction of sp³-hybridized carbons (Fsp3) is 0. The van der Waals surface area contributed by atoms with Gasteiger partial charge in [0, 0.05) is 5.69 Å². The van der Waals surface area contributed by atoms with E-state index in [2.05, 4.69) is 10.3 Å². The number of rotatable bonds is 2. The van der Waals surface area contributed by atoms with Crippen molar-refractivity contribution < 1.29 is 4.79 Å². The van der Waals surface area contributed by atoms with Crippen LogP contribution in [-0.4, -0.2) is 10.9 Å². The Labute approximate surface area is 103 Å². The minimum atomic E-state index is -0.332. The van der Waals surface area contributed by atoms with E-state index in [1.807, 2.05) is 18.2 Å². The summed E-state index contributed by atoms with van der Waals surface area (Å²) in [6.07, 6.45) is 1.40. The van der Waals surface area contributed by atoms with E-state index in [4.69, 9.17) is 17.3 Å². The van der Waals surface area contributed by atoms with Crippen molar-refractivity contribution in [2.75, 3.05) is 11.1 Å². The number of nitrogen functional groups attached to an aromatic ring is 1. The quantitative estimate of drug-likeness (QED) is 0.802. The Morgan fingerprint density at radius 3 is 2.71 bits per heavy atom. The van der Waals surface area contributed by atoms with Crippen LogP contribution >= 0.6 is 11.6 Å². The van der Waals surface area contributed by atoms with Gasteiger partial charge in [-0.2, -0.15) is 0 Å². The molecule has 0 radical (unpaired) electrons. The number of nitrogens with one attached hydrogen (secondary N) is 1. The SMILES string of the molecule is Nc1cnc(Cl)c(C(=O)Nc2ccccc2)c1. The smallest absolute Gasteiger partial charge is 0.258 e. The molecule has 1 aromatic carbocycles. The summed E-state index contributed by atoms with van der Waals surface area (Å²) in [7, 11) is 0. The van der Waals surface area contributed by atoms with Gasteiger partial charge in [-0.15, -0.1) is 0 Å². The van der Waals surface area contributed by atoms with Crippen molar-refractivity contribution in [1.29, 1.82) is 0 Å². The maximum Gasteiger partial charge on any atom is 0.258 e. The predicted molar refractivity (Wildman–Crippen MR) is 68.1 cm³/mol. The van der Waals surface area contributed by atoms with Gasteiger partial charge in [-0.05, 0) is 18.2 Å². The third kappa shape index (κ3) is 2.73. The van der Waals surface area contributed by atoms with Gasteiger partial charge in [0.1, 0.15) is 5.15 Å². The molecule has 2 aromatic rings. The van der Waals surface area contributed by atoms with Gasteiger partial charge in [-0.25, -0.2) is 4.98 Å². The van der Waals surface area contributed by atoms with E-state index in [0.717, 1.165) is 0 Å². The fourth-order valence-electron chi connectivity index (χ4n) is 1.34. The van der Waals surface area contributed by atoms with E-state index in [1.54, 1.807) is 12.1 Å². The Hall–Kier alpha value is -2.07. The fourth-order valence-corrected chi connectivity index (χ4v) is 1.53. The van der Waals surface area contributed by atoms with Crippen molar-refractivity contribution in [2.24, 2.45) is 0 Å². The second-order valence-corrected chi connectivity index (χ2v) is 3.79. The van der Waals surface area contributed by atoms with Gasteiger partial charge < -0.3 is 11.1 Å². The van der Waals surface area contributed by atoms with Crippen molar-refractivity contribution >= 4 is 28.9 Å². The molecule has 0 aliphatic heterocycles. The molecule has 5 heteroatoms. The van der Waals surface area contributed by atoms with Crippen LogP contribution in [0.15, 0.2) is 42.6 Å². The summed E-state index contributed by atoms with van der Waals surface area (Å²) in [6, 6.07) is 10.6. The average Bonchev–Trinajstić information content (AvgIpc) is 2.33. The molecule has 4 nitrogen and oxygen atoms in total. The average molecular weight is 248 g/mol. The zero-order chi connectivity index (χ0) is 12.3. The van der Waals surface area contributed by atoms with Crippen molar-refractivity contribution in [1.82, 2.24) is 4.98 Å². The summed E-state index contributed by atoms with van der Waals surface area (Å²) in [6.45, 7) is 0. The topological polar surface area (TPSA) is 68.0 Å². The highest BCUT2D eigenvalue weighted by Crippen LogP contribution is 2.17. The van der Waals surface area contributed by atoms with Crippen LogP contribution in [0.4, 0.5) is 11.4 Å². The van der Waals surface area contributed by atoms with Gasteiger partial charge in [0.05, 0.1) is 17.4 Å². The van der Waals surface area contributed by atoms with E-state index in [0.29, 0.717) is 11.4 Å². The molecule has 0 unspecified atom stereocenters. The monoisotopic (exact) mass is 247 g/mol. The molecule has 0 saturated heterocycles. The molecule has 1 aromatic heterocycles. The van der Waals surface area contributed by atoms with Gasteiger partial charge in [-0.1, -0.05) is 29.8 Å². The van der Waals surface area contributed by atoms with Crippen LogP contribution in [0.5, 0.6) is 0 Å². The minimum absolute atomic E-state index is 0.132. The number of halogens is 1. The number of aromatic nitrogens is 1. The number of anilines is 2. The molecule has 0 atom stereocenters. The zero-order valence-corrected chi connectivity index (χ0v) is 9.61. The molecule has 0 bridgehead atoms. The molecule has 0 saturated carbocycles. The van der Waals surface area contributed by atoms with E-state index >= 15 is 0 Å². The maximum absolute atomic E-state index is 11.9. The zero-order valence-electron chi connectivity index (χ0n) is 8.85. The highest BCUT2D eigenvalue weighted by Gasteiger charge is 2.11. The number of nitrogens with two attached hydrogens (primary N) is 1. The van der Waals surface area contributed by atoms with Crippen LogP contribution in [0.2, 0.25) is 5.15 Å². The molecule has 17 heavy (non-hydrogen) atoms. The van der Waals surface area contributed by atoms with Crippen LogP contribution in [-0.2, 0) is 0 Å². The first-order valence-corrected chi connectivity index (χ1v) is 5.32. The number of amides is 1. The largest absolute Gasteiger partial charge is 0.397 e. The second-order valence-electron chi connectivity index (χ2n) is 3.43. The Morgan fingerprint density at radius 1 is 1.29 bits per heavy atom. The normalized spacial score (nSPS) is 9.94. The number of para-hydroxylation sites is 1. The van der Waals surface area contributed by atoms with Crippen LogP contribution in [0.1, 0.15) is 10.4 Å². The third-order valence-electron chi connectivity index (χ3n) is 2.14. The Kier molecular flexibility index (Phi) is 3.25. The first-order chi connectivity index (χ1) is 8.16. The lowest BCUT2D eigenvalue weighted by molar-refractivity contribution is 0.102. The van der Waals surface area contributed by atoms with Gasteiger partial charge in [-0.3, -0.25) is 4.79 Å². The summed E-state index contributed by atoms with van der Waals surface area (Å²) in [5, 5.41) is 2.84. The van der Waals surface area contributed by atoms with Gasteiger partial charge >= 0.3 is 0 Å². The Bertz CT molecular complexity index is 543. The summed E-state index contributed by atoms with van der Waals surface area (Å²) in [4.78, 5) is 15.7. The van der Waals surface area contributed by atoms with Crippen molar-refractivity contribution in [3.05, 3.63) is 53.3 Å². The number of benzene rings is 1. The van der Waals surface area contributed by atoms with Crippen LogP contribution in [0.25, 0.3) is 0 Å². The molecule has 3 N–H and O–H groups in total. The van der Waals surface area contributed by atoms with E-state index < -0.39 is 0 Å². The van der Waals surface area contributed by atoms with Crippen LogP contribution in [0.3, 0.4) is 0 Å². The Balaban J connectivity index is 2.23. The summed E-state index contributed by atoms with van der Waals surface area (Å²) in [5.74, 6) is -0.332. The number of pyridine rings is 1. The molecule has 0 spiro atoms. The predicted octanol–water partition coefficient (Wildman–Crippen LogP) is 2.57. The standard InChI is InChI=1S/C12H10ClN3O/c13-11-10(6-8(14)7-15-11)12(17)16-9-4-2-1-3-5-9/h1-7H,14H2,(H,16,17). The summed E-state index contributed by atoms with van der Waals surface area (Å²) in [5.41, 5.74) is 6.90. The lowest BCUT2D eigenvalue weighted by atomic mass is 10.2. The van der Waals surface area contributed by atoms with Gasteiger partial charge in [0.2, 0.25) is 0 Å². The molecule has 1 amide bonds. The summed E-state index contributed by atoms with van der Waals surface area (Å²) < 4.78 is 0.